The Balaban J connectivity index is 2.51. The molecule has 0 aliphatic heterocycles. The Labute approximate surface area is 103 Å². The minimum Gasteiger partial charge on any atom is -0.346 e. The average Bonchev–Trinajstić information content (AvgIpc) is 2.36. The zero-order valence-electron chi connectivity index (χ0n) is 8.87. The van der Waals surface area contributed by atoms with E-state index in [2.05, 4.69) is 10.6 Å². The summed E-state index contributed by atoms with van der Waals surface area (Å²) >= 11 is 5.26. The first-order chi connectivity index (χ1) is 8.15. The van der Waals surface area contributed by atoms with Gasteiger partial charge in [-0.15, -0.1) is 11.6 Å². The van der Waals surface area contributed by atoms with Crippen LogP contribution in [0.2, 0.25) is 0 Å². The second kappa shape index (κ2) is 6.51. The summed E-state index contributed by atoms with van der Waals surface area (Å²) in [4.78, 5) is 22.2. The van der Waals surface area contributed by atoms with Gasteiger partial charge in [0.25, 0.3) is 0 Å². The summed E-state index contributed by atoms with van der Waals surface area (Å²) in [5.74, 6) is -0.969. The third kappa shape index (κ3) is 4.53. The summed E-state index contributed by atoms with van der Waals surface area (Å²) in [5.41, 5.74) is 0.960. The largest absolute Gasteiger partial charge is 0.346 e. The molecule has 0 aromatic heterocycles. The maximum atomic E-state index is 11.4. The van der Waals surface area contributed by atoms with Gasteiger partial charge in [0.05, 0.1) is 18.2 Å². The number of carbonyl (C=O) groups excluding carboxylic acids is 2. The number of nitrogens with zero attached hydrogens (tertiary/aromatic N) is 1. The third-order valence-electron chi connectivity index (χ3n) is 1.84. The number of anilines is 1. The summed E-state index contributed by atoms with van der Waals surface area (Å²) in [6.45, 7) is -0.150. The summed E-state index contributed by atoms with van der Waals surface area (Å²) in [6.07, 6.45) is 0. The van der Waals surface area contributed by atoms with Crippen LogP contribution in [-0.2, 0) is 9.59 Å². The Morgan fingerprint density at radius 3 is 2.76 bits per heavy atom. The number of halogens is 1. The SMILES string of the molecule is N#Cc1cccc(NC(=O)CNC(=O)CCl)c1. The second-order valence-corrected chi connectivity index (χ2v) is 3.42. The lowest BCUT2D eigenvalue weighted by molar-refractivity contribution is -0.122. The quantitative estimate of drug-likeness (QED) is 0.779. The van der Waals surface area contributed by atoms with E-state index in [4.69, 9.17) is 16.9 Å². The number of nitriles is 1. The first kappa shape index (κ1) is 13.0. The molecule has 0 aliphatic carbocycles. The predicted octanol–water partition coefficient (Wildman–Crippen LogP) is 0.852. The molecule has 0 saturated carbocycles. The molecule has 1 rings (SSSR count). The summed E-state index contributed by atoms with van der Waals surface area (Å²) in [7, 11) is 0. The molecule has 1 aromatic rings. The van der Waals surface area contributed by atoms with E-state index in [1.54, 1.807) is 24.3 Å². The molecule has 0 atom stereocenters. The van der Waals surface area contributed by atoms with Crippen molar-refractivity contribution in [1.82, 2.24) is 5.32 Å². The van der Waals surface area contributed by atoms with E-state index in [9.17, 15) is 9.59 Å². The number of carbonyl (C=O) groups is 2. The normalized spacial score (nSPS) is 9.18. The van der Waals surface area contributed by atoms with Gasteiger partial charge in [0.2, 0.25) is 11.8 Å². The van der Waals surface area contributed by atoms with Gasteiger partial charge in [0.1, 0.15) is 5.88 Å². The van der Waals surface area contributed by atoms with Gasteiger partial charge in [-0.25, -0.2) is 0 Å². The maximum Gasteiger partial charge on any atom is 0.243 e. The Bertz CT molecular complexity index is 468. The molecule has 2 N–H and O–H groups in total. The van der Waals surface area contributed by atoms with Crippen LogP contribution in [0.5, 0.6) is 0 Å². The highest BCUT2D eigenvalue weighted by molar-refractivity contribution is 6.27. The standard InChI is InChI=1S/C11H10ClN3O2/c12-5-10(16)14-7-11(17)15-9-3-1-2-8(4-9)6-13/h1-4H,5,7H2,(H,14,16)(H,15,17). The number of rotatable bonds is 4. The fraction of sp³-hybridized carbons (Fsp3) is 0.182. The molecule has 0 unspecified atom stereocenters. The minimum atomic E-state index is -0.410. The van der Waals surface area contributed by atoms with E-state index in [1.165, 1.54) is 0 Å². The number of alkyl halides is 1. The molecule has 1 aromatic carbocycles. The Hall–Kier alpha value is -2.06. The molecule has 0 bridgehead atoms. The topological polar surface area (TPSA) is 82.0 Å². The van der Waals surface area contributed by atoms with Gasteiger partial charge >= 0.3 is 0 Å². The van der Waals surface area contributed by atoms with Gasteiger partial charge < -0.3 is 10.6 Å². The van der Waals surface area contributed by atoms with Crippen LogP contribution in [0.3, 0.4) is 0 Å². The molecule has 0 saturated heterocycles. The van der Waals surface area contributed by atoms with Gasteiger partial charge in [-0.1, -0.05) is 6.07 Å². The summed E-state index contributed by atoms with van der Waals surface area (Å²) in [6, 6.07) is 8.45. The molecule has 5 nitrogen and oxygen atoms in total. The van der Waals surface area contributed by atoms with Crippen LogP contribution in [0.1, 0.15) is 5.56 Å². The van der Waals surface area contributed by atoms with Gasteiger partial charge in [-0.2, -0.15) is 5.26 Å². The van der Waals surface area contributed by atoms with Crippen molar-refractivity contribution in [3.63, 3.8) is 0 Å². The second-order valence-electron chi connectivity index (χ2n) is 3.15. The Morgan fingerprint density at radius 1 is 1.35 bits per heavy atom. The zero-order valence-corrected chi connectivity index (χ0v) is 9.62. The fourth-order valence-electron chi connectivity index (χ4n) is 1.10. The first-order valence-electron chi connectivity index (χ1n) is 4.78. The Kier molecular flexibility index (Phi) is 4.98. The van der Waals surface area contributed by atoms with E-state index in [-0.39, 0.29) is 18.3 Å². The first-order valence-corrected chi connectivity index (χ1v) is 5.32. The van der Waals surface area contributed by atoms with Crippen molar-refractivity contribution in [3.8, 4) is 6.07 Å². The highest BCUT2D eigenvalue weighted by Crippen LogP contribution is 2.09. The van der Waals surface area contributed by atoms with E-state index < -0.39 is 5.91 Å². The van der Waals surface area contributed by atoms with Crippen LogP contribution in [0.4, 0.5) is 5.69 Å². The summed E-state index contributed by atoms with van der Waals surface area (Å²) in [5, 5.41) is 13.6. The van der Waals surface area contributed by atoms with Crippen LogP contribution in [0.15, 0.2) is 24.3 Å². The molecule has 0 aliphatic rings. The minimum absolute atomic E-state index is 0.150. The molecular weight excluding hydrogens is 242 g/mol. The van der Waals surface area contributed by atoms with Crippen molar-refractivity contribution in [3.05, 3.63) is 29.8 Å². The van der Waals surface area contributed by atoms with Gasteiger partial charge in [0.15, 0.2) is 0 Å². The number of amides is 2. The molecule has 88 valence electrons. The third-order valence-corrected chi connectivity index (χ3v) is 2.09. The smallest absolute Gasteiger partial charge is 0.243 e. The van der Waals surface area contributed by atoms with E-state index in [0.29, 0.717) is 11.3 Å². The van der Waals surface area contributed by atoms with Gasteiger partial charge in [-0.3, -0.25) is 9.59 Å². The van der Waals surface area contributed by atoms with Crippen molar-refractivity contribution < 1.29 is 9.59 Å². The molecule has 0 fully saturated rings. The fourth-order valence-corrected chi connectivity index (χ4v) is 1.19. The van der Waals surface area contributed by atoms with E-state index in [0.717, 1.165) is 0 Å². The number of hydrogen-bond acceptors (Lipinski definition) is 3. The molecule has 17 heavy (non-hydrogen) atoms. The highest BCUT2D eigenvalue weighted by Gasteiger charge is 2.05. The zero-order chi connectivity index (χ0) is 12.7. The molecule has 0 heterocycles. The molecule has 6 heteroatoms. The van der Waals surface area contributed by atoms with Crippen molar-refractivity contribution in [2.45, 2.75) is 0 Å². The Morgan fingerprint density at radius 2 is 2.12 bits per heavy atom. The lowest BCUT2D eigenvalue weighted by Crippen LogP contribution is -2.33. The van der Waals surface area contributed by atoms with Crippen molar-refractivity contribution in [1.29, 1.82) is 5.26 Å². The molecule has 2 amide bonds. The summed E-state index contributed by atoms with van der Waals surface area (Å²) < 4.78 is 0. The van der Waals surface area contributed by atoms with Crippen LogP contribution in [0, 0.1) is 11.3 Å². The molecule has 0 radical (unpaired) electrons. The van der Waals surface area contributed by atoms with E-state index in [1.807, 2.05) is 6.07 Å². The van der Waals surface area contributed by atoms with Crippen LogP contribution in [0.25, 0.3) is 0 Å². The lowest BCUT2D eigenvalue weighted by atomic mass is 10.2. The predicted molar refractivity (Wildman–Crippen MR) is 63.5 cm³/mol. The van der Waals surface area contributed by atoms with Crippen molar-refractivity contribution in [2.24, 2.45) is 0 Å². The van der Waals surface area contributed by atoms with E-state index >= 15 is 0 Å². The van der Waals surface area contributed by atoms with Crippen molar-refractivity contribution >= 4 is 29.1 Å². The van der Waals surface area contributed by atoms with Crippen LogP contribution >= 0.6 is 11.6 Å². The van der Waals surface area contributed by atoms with Crippen molar-refractivity contribution in [2.75, 3.05) is 17.7 Å². The van der Waals surface area contributed by atoms with Gasteiger partial charge in [0, 0.05) is 5.69 Å². The average molecular weight is 252 g/mol. The maximum absolute atomic E-state index is 11.4. The number of benzene rings is 1. The van der Waals surface area contributed by atoms with Crippen LogP contribution in [-0.4, -0.2) is 24.2 Å². The molecule has 0 spiro atoms. The van der Waals surface area contributed by atoms with Crippen LogP contribution < -0.4 is 10.6 Å². The molecular formula is C11H10ClN3O2. The van der Waals surface area contributed by atoms with Gasteiger partial charge in [-0.05, 0) is 18.2 Å². The number of hydrogen-bond donors (Lipinski definition) is 2. The monoisotopic (exact) mass is 251 g/mol. The highest BCUT2D eigenvalue weighted by atomic mass is 35.5. The lowest BCUT2D eigenvalue weighted by Gasteiger charge is -2.05. The number of nitrogens with one attached hydrogen (secondary N) is 2.